The molecule has 22 heavy (non-hydrogen) atoms. The maximum Gasteiger partial charge on any atom is 0.259 e. The quantitative estimate of drug-likeness (QED) is 0.863. The molecule has 3 N–H and O–H groups in total. The lowest BCUT2D eigenvalue weighted by atomic mass is 10.1. The molecule has 0 saturated carbocycles. The zero-order chi connectivity index (χ0) is 16.0. The van der Waals surface area contributed by atoms with Crippen molar-refractivity contribution < 1.29 is 9.18 Å². The van der Waals surface area contributed by atoms with E-state index in [1.807, 2.05) is 13.8 Å². The van der Waals surface area contributed by atoms with Crippen LogP contribution >= 0.6 is 0 Å². The molecule has 1 aliphatic heterocycles. The molecule has 0 bridgehead atoms. The summed E-state index contributed by atoms with van der Waals surface area (Å²) >= 11 is 0. The summed E-state index contributed by atoms with van der Waals surface area (Å²) in [5.74, 6) is -0.363. The molecule has 3 rings (SSSR count). The minimum absolute atomic E-state index is 0.0473. The first kappa shape index (κ1) is 14.2. The third-order valence-electron chi connectivity index (χ3n) is 3.69. The number of hydrogen-bond acceptors (Lipinski definition) is 5. The summed E-state index contributed by atoms with van der Waals surface area (Å²) in [6.07, 6.45) is 0. The van der Waals surface area contributed by atoms with Gasteiger partial charge >= 0.3 is 0 Å². The number of rotatable bonds is 2. The van der Waals surface area contributed by atoms with Crippen LogP contribution < -0.4 is 11.3 Å². The summed E-state index contributed by atoms with van der Waals surface area (Å²) in [4.78, 5) is 32.8. The highest BCUT2D eigenvalue weighted by Crippen LogP contribution is 2.25. The lowest BCUT2D eigenvalue weighted by Gasteiger charge is -2.22. The van der Waals surface area contributed by atoms with Crippen molar-refractivity contribution in [1.82, 2.24) is 14.9 Å². The average Bonchev–Trinajstić information content (AvgIpc) is 2.73. The van der Waals surface area contributed by atoms with E-state index < -0.39 is 11.4 Å². The van der Waals surface area contributed by atoms with Crippen LogP contribution in [0.3, 0.4) is 0 Å². The lowest BCUT2D eigenvalue weighted by molar-refractivity contribution is -0.113. The molecule has 0 unspecified atom stereocenters. The van der Waals surface area contributed by atoms with Crippen molar-refractivity contribution in [2.45, 2.75) is 19.9 Å². The molecule has 7 heteroatoms. The Morgan fingerprint density at radius 1 is 1.36 bits per heavy atom. The van der Waals surface area contributed by atoms with E-state index in [0.717, 1.165) is 6.07 Å². The Labute approximate surface area is 125 Å². The fourth-order valence-corrected chi connectivity index (χ4v) is 2.55. The molecule has 0 aliphatic carbocycles. The molecule has 2 aromatic rings. The molecule has 1 aromatic heterocycles. The number of Topliss-reactive ketones (excluding diaryl/α,β-unsaturated/α-hetero) is 1. The predicted molar refractivity (Wildman–Crippen MR) is 80.3 cm³/mol. The molecule has 2 heterocycles. The predicted octanol–water partition coefficient (Wildman–Crippen LogP) is 0.983. The van der Waals surface area contributed by atoms with E-state index in [2.05, 4.69) is 9.97 Å². The van der Waals surface area contributed by atoms with Crippen LogP contribution in [0.15, 0.2) is 28.8 Å². The van der Waals surface area contributed by atoms with Gasteiger partial charge in [0.25, 0.3) is 5.56 Å². The lowest BCUT2D eigenvalue weighted by Crippen LogP contribution is -2.32. The fraction of sp³-hybridized carbons (Fsp3) is 0.267. The van der Waals surface area contributed by atoms with Crippen LogP contribution in [0, 0.1) is 5.82 Å². The molecule has 0 saturated heterocycles. The van der Waals surface area contributed by atoms with Crippen LogP contribution in [0.25, 0.3) is 16.5 Å². The minimum Gasteiger partial charge on any atom is -0.385 e. The summed E-state index contributed by atoms with van der Waals surface area (Å²) in [5.41, 5.74) is 5.95. The Morgan fingerprint density at radius 3 is 2.73 bits per heavy atom. The van der Waals surface area contributed by atoms with Crippen LogP contribution in [0.5, 0.6) is 0 Å². The maximum atomic E-state index is 13.3. The number of carbonyl (C=O) groups excluding carboxylic acids is 1. The summed E-state index contributed by atoms with van der Waals surface area (Å²) < 4.78 is 13.3. The van der Waals surface area contributed by atoms with Gasteiger partial charge in [-0.15, -0.1) is 0 Å². The number of benzene rings is 1. The van der Waals surface area contributed by atoms with Crippen molar-refractivity contribution in [3.8, 4) is 0 Å². The highest BCUT2D eigenvalue weighted by atomic mass is 19.1. The second-order valence-electron chi connectivity index (χ2n) is 5.48. The van der Waals surface area contributed by atoms with Gasteiger partial charge in [-0.25, -0.2) is 9.37 Å². The maximum absolute atomic E-state index is 13.3. The van der Waals surface area contributed by atoms with Gasteiger partial charge in [-0.05, 0) is 26.0 Å². The number of aromatic nitrogens is 2. The molecule has 1 aromatic carbocycles. The molecule has 6 nitrogen and oxygen atoms in total. The number of halogens is 1. The van der Waals surface area contributed by atoms with Gasteiger partial charge in [0.1, 0.15) is 23.0 Å². The minimum atomic E-state index is -0.500. The topological polar surface area (TPSA) is 92.1 Å². The molecule has 0 atom stereocenters. The second kappa shape index (κ2) is 4.94. The zero-order valence-electron chi connectivity index (χ0n) is 12.2. The van der Waals surface area contributed by atoms with Gasteiger partial charge in [-0.2, -0.15) is 0 Å². The number of aromatic amines is 1. The average molecular weight is 302 g/mol. The summed E-state index contributed by atoms with van der Waals surface area (Å²) in [6.45, 7) is 3.97. The van der Waals surface area contributed by atoms with Crippen molar-refractivity contribution in [1.29, 1.82) is 0 Å². The summed E-state index contributed by atoms with van der Waals surface area (Å²) in [6, 6.07) is 3.75. The van der Waals surface area contributed by atoms with Gasteiger partial charge in [0.15, 0.2) is 5.78 Å². The highest BCUT2D eigenvalue weighted by molar-refractivity contribution is 6.23. The molecule has 0 spiro atoms. The number of carbonyl (C=O) groups is 1. The monoisotopic (exact) mass is 302 g/mol. The van der Waals surface area contributed by atoms with E-state index in [-0.39, 0.29) is 46.5 Å². The van der Waals surface area contributed by atoms with Crippen LogP contribution in [0.4, 0.5) is 4.39 Å². The number of fused-ring (bicyclic) bond motifs is 1. The first-order chi connectivity index (χ1) is 10.4. The standard InChI is InChI=1S/C15H15FN4O2/c1-7(2)20-6-11(21)12(13(20)17)14-18-10-5-8(16)3-4-9(10)15(22)19-14/h3-5,7H,6,17H2,1-2H3,(H,18,19,22). The van der Waals surface area contributed by atoms with Gasteiger partial charge in [0.05, 0.1) is 17.4 Å². The Balaban J connectivity index is 2.22. The number of H-pyrrole nitrogens is 1. The summed E-state index contributed by atoms with van der Waals surface area (Å²) in [7, 11) is 0. The van der Waals surface area contributed by atoms with Crippen molar-refractivity contribution >= 4 is 22.3 Å². The van der Waals surface area contributed by atoms with E-state index in [1.54, 1.807) is 4.90 Å². The Hall–Kier alpha value is -2.70. The van der Waals surface area contributed by atoms with Gasteiger partial charge < -0.3 is 15.6 Å². The fourth-order valence-electron chi connectivity index (χ4n) is 2.55. The van der Waals surface area contributed by atoms with Crippen molar-refractivity contribution in [2.24, 2.45) is 5.73 Å². The van der Waals surface area contributed by atoms with Crippen molar-refractivity contribution in [3.05, 3.63) is 46.0 Å². The van der Waals surface area contributed by atoms with Gasteiger partial charge in [0.2, 0.25) is 0 Å². The SMILES string of the molecule is CC(C)N1CC(=O)C(c2nc3cc(F)ccc3c(=O)[nH]2)=C1N. The Kier molecular flexibility index (Phi) is 3.20. The van der Waals surface area contributed by atoms with E-state index >= 15 is 0 Å². The van der Waals surface area contributed by atoms with Gasteiger partial charge in [0, 0.05) is 12.1 Å². The molecule has 0 amide bonds. The smallest absolute Gasteiger partial charge is 0.259 e. The number of hydrogen-bond donors (Lipinski definition) is 2. The van der Waals surface area contributed by atoms with Crippen LogP contribution in [-0.4, -0.2) is 33.2 Å². The second-order valence-corrected chi connectivity index (χ2v) is 5.48. The third-order valence-corrected chi connectivity index (χ3v) is 3.69. The molecule has 1 aliphatic rings. The van der Waals surface area contributed by atoms with E-state index in [4.69, 9.17) is 5.73 Å². The first-order valence-corrected chi connectivity index (χ1v) is 6.88. The van der Waals surface area contributed by atoms with Crippen LogP contribution in [0.2, 0.25) is 0 Å². The largest absolute Gasteiger partial charge is 0.385 e. The zero-order valence-corrected chi connectivity index (χ0v) is 12.2. The highest BCUT2D eigenvalue weighted by Gasteiger charge is 2.32. The Morgan fingerprint density at radius 2 is 2.09 bits per heavy atom. The van der Waals surface area contributed by atoms with Crippen molar-refractivity contribution in [2.75, 3.05) is 6.54 Å². The Bertz CT molecular complexity index is 869. The molecule has 114 valence electrons. The number of nitrogens with two attached hydrogens (primary N) is 1. The van der Waals surface area contributed by atoms with E-state index in [0.29, 0.717) is 0 Å². The molecular weight excluding hydrogens is 287 g/mol. The molecule has 0 fully saturated rings. The number of ketones is 1. The van der Waals surface area contributed by atoms with E-state index in [9.17, 15) is 14.0 Å². The molecular formula is C15H15FN4O2. The number of nitrogens with zero attached hydrogens (tertiary/aromatic N) is 2. The first-order valence-electron chi connectivity index (χ1n) is 6.88. The third kappa shape index (κ3) is 2.14. The number of nitrogens with one attached hydrogen (secondary N) is 1. The summed E-state index contributed by atoms with van der Waals surface area (Å²) in [5, 5.41) is 0.260. The normalized spacial score (nSPS) is 15.5. The van der Waals surface area contributed by atoms with Crippen molar-refractivity contribution in [3.63, 3.8) is 0 Å². The van der Waals surface area contributed by atoms with Gasteiger partial charge in [-0.3, -0.25) is 9.59 Å². The molecule has 0 radical (unpaired) electrons. The van der Waals surface area contributed by atoms with Gasteiger partial charge in [-0.1, -0.05) is 0 Å². The van der Waals surface area contributed by atoms with Crippen LogP contribution in [-0.2, 0) is 4.79 Å². The van der Waals surface area contributed by atoms with Crippen LogP contribution in [0.1, 0.15) is 19.7 Å². The van der Waals surface area contributed by atoms with E-state index in [1.165, 1.54) is 12.1 Å².